The summed E-state index contributed by atoms with van der Waals surface area (Å²) in [4.78, 5) is 19.1. The molecular weight excluding hydrogens is 100 g/mol. The summed E-state index contributed by atoms with van der Waals surface area (Å²) in [7, 11) is 1.18. The normalized spacial score (nSPS) is 7.57. The number of nitrogens with two attached hydrogens (primary N) is 1. The van der Waals surface area contributed by atoms with E-state index in [1.807, 2.05) is 0 Å². The Morgan fingerprint density at radius 3 is 2.29 bits per heavy atom. The van der Waals surface area contributed by atoms with Gasteiger partial charge in [-0.1, -0.05) is 0 Å². The Labute approximate surface area is 40.0 Å². The first-order valence-corrected chi connectivity index (χ1v) is 1.55. The molecule has 2 N–H and O–H groups in total. The summed E-state index contributed by atoms with van der Waals surface area (Å²) < 4.78 is 0. The summed E-state index contributed by atoms with van der Waals surface area (Å²) in [6.45, 7) is 0. The molecule has 0 saturated carbocycles. The van der Waals surface area contributed by atoms with Crippen molar-refractivity contribution in [1.82, 2.24) is 5.01 Å². The van der Waals surface area contributed by atoms with Gasteiger partial charge in [0.05, 0.1) is 5.29 Å². The molecule has 0 aliphatic heterocycles. The van der Waals surface area contributed by atoms with Gasteiger partial charge in [0.25, 0.3) is 0 Å². The molecule has 7 heavy (non-hydrogen) atoms. The zero-order valence-electron chi connectivity index (χ0n) is 3.79. The van der Waals surface area contributed by atoms with Gasteiger partial charge in [0.1, 0.15) is 0 Å². The molecule has 0 bridgehead atoms. The fourth-order valence-corrected chi connectivity index (χ4v) is 0.0402. The Kier molecular flexibility index (Phi) is 1.78. The van der Waals surface area contributed by atoms with E-state index in [0.717, 1.165) is 0 Å². The molecule has 0 aromatic carbocycles. The van der Waals surface area contributed by atoms with E-state index in [-0.39, 0.29) is 0 Å². The maximum absolute atomic E-state index is 9.78. The SMILES string of the molecule is [14CH3]N(N=O)C(N)=O. The fraction of sp³-hybridized carbons (Fsp3) is 0.500. The van der Waals surface area contributed by atoms with Crippen molar-refractivity contribution in [2.75, 3.05) is 7.05 Å². The largest absolute Gasteiger partial charge is 0.350 e. The number of nitroso groups, excluding NO2 is 1. The van der Waals surface area contributed by atoms with E-state index >= 15 is 0 Å². The first-order chi connectivity index (χ1) is 3.18. The van der Waals surface area contributed by atoms with Crippen LogP contribution in [0.15, 0.2) is 5.29 Å². The standard InChI is InChI=1S/C2H5N3O2/c1-5(4-7)2(3)6/h1H3,(H2,3,6)/i1+2. The van der Waals surface area contributed by atoms with E-state index in [0.29, 0.717) is 5.01 Å². The third-order valence-corrected chi connectivity index (χ3v) is 0.441. The Bertz CT molecular complexity index is 90.9. The number of urea groups is 1. The van der Waals surface area contributed by atoms with Crippen LogP contribution >= 0.6 is 0 Å². The van der Waals surface area contributed by atoms with E-state index in [1.165, 1.54) is 7.05 Å². The van der Waals surface area contributed by atoms with Gasteiger partial charge < -0.3 is 5.73 Å². The maximum Gasteiger partial charge on any atom is 0.337 e. The lowest BCUT2D eigenvalue weighted by Crippen LogP contribution is -2.26. The number of hydrogen-bond donors (Lipinski definition) is 1. The number of hydrogen-bond acceptors (Lipinski definition) is 3. The summed E-state index contributed by atoms with van der Waals surface area (Å²) in [5, 5.41) is 2.70. The fourth-order valence-electron chi connectivity index (χ4n) is 0.0402. The highest BCUT2D eigenvalue weighted by atomic mass is 16.3. The van der Waals surface area contributed by atoms with Gasteiger partial charge in [-0.3, -0.25) is 0 Å². The van der Waals surface area contributed by atoms with Crippen LogP contribution in [0.2, 0.25) is 0 Å². The van der Waals surface area contributed by atoms with Gasteiger partial charge in [0, 0.05) is 7.05 Å². The highest BCUT2D eigenvalue weighted by molar-refractivity contribution is 5.70. The molecule has 0 radical (unpaired) electrons. The second-order valence-electron chi connectivity index (χ2n) is 0.943. The molecule has 5 heteroatoms. The summed E-state index contributed by atoms with van der Waals surface area (Å²) in [5.41, 5.74) is 4.54. The molecule has 5 nitrogen and oxygen atoms in total. The molecular formula is C2H5N3O2. The van der Waals surface area contributed by atoms with Crippen molar-refractivity contribution in [3.8, 4) is 0 Å². The minimum Gasteiger partial charge on any atom is -0.350 e. The zero-order valence-corrected chi connectivity index (χ0v) is 3.79. The lowest BCUT2D eigenvalue weighted by molar-refractivity contribution is 0.220. The number of carbonyl (C=O) groups excluding carboxylic acids is 1. The summed E-state index contributed by atoms with van der Waals surface area (Å²) in [6.07, 6.45) is 0. The van der Waals surface area contributed by atoms with Gasteiger partial charge in [-0.2, -0.15) is 5.01 Å². The molecule has 0 saturated heterocycles. The Morgan fingerprint density at radius 1 is 1.86 bits per heavy atom. The predicted octanol–water partition coefficient (Wildman–Crippen LogP) is -0.322. The molecule has 0 aromatic rings. The van der Waals surface area contributed by atoms with Crippen LogP contribution in [0.1, 0.15) is 0 Å². The molecule has 0 heterocycles. The average molecular weight is 105 g/mol. The van der Waals surface area contributed by atoms with Gasteiger partial charge in [-0.25, -0.2) is 4.79 Å². The zero-order chi connectivity index (χ0) is 5.86. The molecule has 0 aromatic heterocycles. The number of nitrogens with zero attached hydrogens (tertiary/aromatic N) is 2. The van der Waals surface area contributed by atoms with Crippen molar-refractivity contribution in [2.24, 2.45) is 11.0 Å². The van der Waals surface area contributed by atoms with E-state index < -0.39 is 6.03 Å². The lowest BCUT2D eigenvalue weighted by atomic mass is 11.1. The van der Waals surface area contributed by atoms with Gasteiger partial charge in [0.15, 0.2) is 0 Å². The Hall–Kier alpha value is -1.13. The van der Waals surface area contributed by atoms with Gasteiger partial charge in [-0.15, -0.1) is 4.91 Å². The summed E-state index contributed by atoms with van der Waals surface area (Å²) in [6, 6.07) is -0.852. The first-order valence-electron chi connectivity index (χ1n) is 1.55. The van der Waals surface area contributed by atoms with Crippen molar-refractivity contribution < 1.29 is 4.79 Å². The maximum atomic E-state index is 9.78. The van der Waals surface area contributed by atoms with Crippen LogP contribution in [0.5, 0.6) is 0 Å². The van der Waals surface area contributed by atoms with Crippen LogP contribution in [-0.2, 0) is 0 Å². The van der Waals surface area contributed by atoms with Crippen molar-refractivity contribution in [3.05, 3.63) is 4.91 Å². The topological polar surface area (TPSA) is 75.8 Å². The minimum absolute atomic E-state index is 0.500. The summed E-state index contributed by atoms with van der Waals surface area (Å²) in [5.74, 6) is 0. The van der Waals surface area contributed by atoms with Crippen molar-refractivity contribution in [3.63, 3.8) is 0 Å². The third-order valence-electron chi connectivity index (χ3n) is 0.441. The summed E-state index contributed by atoms with van der Waals surface area (Å²) >= 11 is 0. The molecule has 2 amide bonds. The highest BCUT2D eigenvalue weighted by Gasteiger charge is 1.97. The van der Waals surface area contributed by atoms with Crippen molar-refractivity contribution >= 4 is 6.03 Å². The van der Waals surface area contributed by atoms with Gasteiger partial charge >= 0.3 is 6.03 Å². The smallest absolute Gasteiger partial charge is 0.337 e. The van der Waals surface area contributed by atoms with Crippen LogP contribution in [0, 0.1) is 4.91 Å². The molecule has 0 fully saturated rings. The monoisotopic (exact) mass is 105 g/mol. The molecule has 0 rings (SSSR count). The lowest BCUT2D eigenvalue weighted by Gasteiger charge is -1.97. The van der Waals surface area contributed by atoms with Crippen molar-refractivity contribution in [2.45, 2.75) is 0 Å². The third kappa shape index (κ3) is 1.69. The highest BCUT2D eigenvalue weighted by Crippen LogP contribution is 1.76. The average Bonchev–Trinajstić information content (AvgIpc) is 1.65. The van der Waals surface area contributed by atoms with Crippen molar-refractivity contribution in [1.29, 1.82) is 0 Å². The van der Waals surface area contributed by atoms with Gasteiger partial charge in [0.2, 0.25) is 0 Å². The second kappa shape index (κ2) is 2.12. The molecule has 0 spiro atoms. The van der Waals surface area contributed by atoms with Crippen LogP contribution in [0.4, 0.5) is 4.79 Å². The number of amides is 2. The molecule has 0 unspecified atom stereocenters. The second-order valence-corrected chi connectivity index (χ2v) is 0.943. The molecule has 0 aliphatic carbocycles. The molecule has 0 aliphatic rings. The quantitative estimate of drug-likeness (QED) is 0.366. The van der Waals surface area contributed by atoms with Crippen LogP contribution in [-0.4, -0.2) is 18.1 Å². The van der Waals surface area contributed by atoms with Gasteiger partial charge in [-0.05, 0) is 0 Å². The van der Waals surface area contributed by atoms with E-state index in [2.05, 4.69) is 11.0 Å². The minimum atomic E-state index is -0.852. The first kappa shape index (κ1) is 5.87. The van der Waals surface area contributed by atoms with Crippen LogP contribution in [0.25, 0.3) is 0 Å². The molecule has 40 valence electrons. The van der Waals surface area contributed by atoms with E-state index in [4.69, 9.17) is 0 Å². The number of rotatable bonds is 1. The molecule has 0 atom stereocenters. The Balaban J connectivity index is 3.55. The number of primary amides is 1. The van der Waals surface area contributed by atoms with Crippen LogP contribution < -0.4 is 5.73 Å². The van der Waals surface area contributed by atoms with E-state index in [1.54, 1.807) is 0 Å². The Morgan fingerprint density at radius 2 is 2.29 bits per heavy atom. The predicted molar refractivity (Wildman–Crippen MR) is 23.1 cm³/mol. The van der Waals surface area contributed by atoms with E-state index in [9.17, 15) is 9.70 Å². The number of carbonyl (C=O) groups is 1. The van der Waals surface area contributed by atoms with Crippen LogP contribution in [0.3, 0.4) is 0 Å².